The minimum atomic E-state index is -0.0371. The molecule has 0 bridgehead atoms. The largest absolute Gasteiger partial charge is 0.351 e. The molecule has 0 atom stereocenters. The van der Waals surface area contributed by atoms with Gasteiger partial charge in [-0.2, -0.15) is 0 Å². The number of rotatable bonds is 4. The Bertz CT molecular complexity index is 548. The van der Waals surface area contributed by atoms with Crippen LogP contribution in [0, 0.1) is 11.3 Å². The van der Waals surface area contributed by atoms with E-state index in [1.807, 2.05) is 30.3 Å². The highest BCUT2D eigenvalue weighted by Crippen LogP contribution is 2.24. The molecule has 1 aromatic carbocycles. The quantitative estimate of drug-likeness (QED) is 0.865. The van der Waals surface area contributed by atoms with Crippen molar-refractivity contribution in [1.29, 1.82) is 0 Å². The number of amides is 1. The van der Waals surface area contributed by atoms with E-state index < -0.39 is 0 Å². The lowest BCUT2D eigenvalue weighted by atomic mass is 9.81. The van der Waals surface area contributed by atoms with Crippen molar-refractivity contribution < 1.29 is 4.79 Å². The van der Waals surface area contributed by atoms with Gasteiger partial charge in [-0.15, -0.1) is 0 Å². The van der Waals surface area contributed by atoms with Gasteiger partial charge in [0, 0.05) is 17.4 Å². The van der Waals surface area contributed by atoms with Crippen molar-refractivity contribution in [3.05, 3.63) is 36.0 Å². The van der Waals surface area contributed by atoms with Crippen LogP contribution in [0.4, 0.5) is 0 Å². The highest BCUT2D eigenvalue weighted by atomic mass is 16.1. The van der Waals surface area contributed by atoms with Gasteiger partial charge in [0.15, 0.2) is 0 Å². The molecule has 102 valence electrons. The fourth-order valence-electron chi connectivity index (χ4n) is 1.80. The van der Waals surface area contributed by atoms with Crippen molar-refractivity contribution in [2.75, 3.05) is 6.54 Å². The van der Waals surface area contributed by atoms with Gasteiger partial charge in [-0.3, -0.25) is 4.79 Å². The lowest BCUT2D eigenvalue weighted by molar-refractivity contribution is 0.0920. The van der Waals surface area contributed by atoms with Crippen LogP contribution in [-0.2, 0) is 0 Å². The predicted octanol–water partition coefficient (Wildman–Crippen LogP) is 3.58. The monoisotopic (exact) mass is 258 g/mol. The molecule has 0 spiro atoms. The molecular formula is C16H22N2O. The number of nitrogens with one attached hydrogen (secondary N) is 2. The summed E-state index contributed by atoms with van der Waals surface area (Å²) in [7, 11) is 0. The van der Waals surface area contributed by atoms with Gasteiger partial charge in [-0.1, -0.05) is 45.9 Å². The molecular weight excluding hydrogens is 236 g/mol. The second-order valence-corrected chi connectivity index (χ2v) is 6.10. The second-order valence-electron chi connectivity index (χ2n) is 6.10. The van der Waals surface area contributed by atoms with Crippen LogP contribution in [0.2, 0.25) is 0 Å². The van der Waals surface area contributed by atoms with Crippen LogP contribution in [-0.4, -0.2) is 17.4 Å². The van der Waals surface area contributed by atoms with Crippen molar-refractivity contribution in [3.63, 3.8) is 0 Å². The lowest BCUT2D eigenvalue weighted by Crippen LogP contribution is -2.37. The van der Waals surface area contributed by atoms with E-state index in [4.69, 9.17) is 0 Å². The number of fused-ring (bicyclic) bond motifs is 1. The summed E-state index contributed by atoms with van der Waals surface area (Å²) in [5.41, 5.74) is 1.72. The lowest BCUT2D eigenvalue weighted by Gasteiger charge is -2.29. The number of H-pyrrole nitrogens is 1. The molecule has 0 unspecified atom stereocenters. The van der Waals surface area contributed by atoms with Crippen LogP contribution in [0.1, 0.15) is 38.2 Å². The minimum absolute atomic E-state index is 0.0371. The zero-order valence-corrected chi connectivity index (χ0v) is 12.1. The van der Waals surface area contributed by atoms with Crippen molar-refractivity contribution in [2.45, 2.75) is 27.7 Å². The zero-order valence-electron chi connectivity index (χ0n) is 12.1. The normalized spacial score (nSPS) is 12.1. The maximum absolute atomic E-state index is 12.1. The number of carbonyl (C=O) groups excluding carboxylic acids is 1. The third-order valence-corrected chi connectivity index (χ3v) is 4.04. The first-order chi connectivity index (χ1) is 8.90. The van der Waals surface area contributed by atoms with Gasteiger partial charge in [0.1, 0.15) is 5.69 Å². The number of aromatic nitrogens is 1. The number of hydrogen-bond acceptors (Lipinski definition) is 1. The summed E-state index contributed by atoms with van der Waals surface area (Å²) in [6, 6.07) is 9.81. The van der Waals surface area contributed by atoms with E-state index in [0.717, 1.165) is 10.9 Å². The van der Waals surface area contributed by atoms with E-state index in [1.165, 1.54) is 0 Å². The van der Waals surface area contributed by atoms with Gasteiger partial charge in [0.2, 0.25) is 0 Å². The van der Waals surface area contributed by atoms with E-state index in [-0.39, 0.29) is 11.3 Å². The summed E-state index contributed by atoms with van der Waals surface area (Å²) in [5.74, 6) is 0.487. The van der Waals surface area contributed by atoms with Crippen molar-refractivity contribution in [2.24, 2.45) is 11.3 Å². The molecule has 19 heavy (non-hydrogen) atoms. The van der Waals surface area contributed by atoms with Gasteiger partial charge in [-0.05, 0) is 23.5 Å². The molecule has 0 aliphatic rings. The zero-order chi connectivity index (χ0) is 14.0. The molecule has 0 aliphatic carbocycles. The summed E-state index contributed by atoms with van der Waals surface area (Å²) in [6.07, 6.45) is 0. The van der Waals surface area contributed by atoms with Gasteiger partial charge < -0.3 is 10.3 Å². The molecule has 1 aromatic heterocycles. The van der Waals surface area contributed by atoms with E-state index in [2.05, 4.69) is 38.0 Å². The number of benzene rings is 1. The van der Waals surface area contributed by atoms with E-state index in [1.54, 1.807) is 0 Å². The Kier molecular flexibility index (Phi) is 3.65. The molecule has 0 saturated carbocycles. The Morgan fingerprint density at radius 2 is 2.00 bits per heavy atom. The third kappa shape index (κ3) is 2.98. The fraction of sp³-hybridized carbons (Fsp3) is 0.438. The van der Waals surface area contributed by atoms with Gasteiger partial charge in [0.25, 0.3) is 5.91 Å². The van der Waals surface area contributed by atoms with Gasteiger partial charge in [-0.25, -0.2) is 0 Å². The molecule has 0 aliphatic heterocycles. The molecule has 0 radical (unpaired) electrons. The summed E-state index contributed by atoms with van der Waals surface area (Å²) in [4.78, 5) is 15.3. The number of para-hydroxylation sites is 1. The number of hydrogen-bond donors (Lipinski definition) is 2. The Morgan fingerprint density at radius 3 is 2.63 bits per heavy atom. The molecule has 1 heterocycles. The molecule has 3 nitrogen and oxygen atoms in total. The first-order valence-corrected chi connectivity index (χ1v) is 6.76. The average molecular weight is 258 g/mol. The summed E-state index contributed by atoms with van der Waals surface area (Å²) in [5, 5.41) is 4.08. The topological polar surface area (TPSA) is 44.9 Å². The highest BCUT2D eigenvalue weighted by molar-refractivity contribution is 5.97. The Morgan fingerprint density at radius 1 is 1.32 bits per heavy atom. The summed E-state index contributed by atoms with van der Waals surface area (Å²) in [6.45, 7) is 9.37. The summed E-state index contributed by atoms with van der Waals surface area (Å²) >= 11 is 0. The van der Waals surface area contributed by atoms with Crippen LogP contribution >= 0.6 is 0 Å². The number of aromatic amines is 1. The van der Waals surface area contributed by atoms with Crippen LogP contribution in [0.25, 0.3) is 10.9 Å². The standard InChI is InChI=1S/C16H22N2O/c1-11(2)16(3,4)10-17-15(19)14-9-12-7-5-6-8-13(12)18-14/h5-9,11,18H,10H2,1-4H3,(H,17,19). The maximum Gasteiger partial charge on any atom is 0.267 e. The fourth-order valence-corrected chi connectivity index (χ4v) is 1.80. The highest BCUT2D eigenvalue weighted by Gasteiger charge is 2.23. The molecule has 2 N–H and O–H groups in total. The van der Waals surface area contributed by atoms with E-state index >= 15 is 0 Å². The Hall–Kier alpha value is -1.77. The summed E-state index contributed by atoms with van der Waals surface area (Å²) < 4.78 is 0. The SMILES string of the molecule is CC(C)C(C)(C)CNC(=O)c1cc2ccccc2[nH]1. The third-order valence-electron chi connectivity index (χ3n) is 4.04. The van der Waals surface area contributed by atoms with Crippen LogP contribution in [0.5, 0.6) is 0 Å². The predicted molar refractivity (Wildman–Crippen MR) is 79.3 cm³/mol. The van der Waals surface area contributed by atoms with E-state index in [0.29, 0.717) is 18.2 Å². The van der Waals surface area contributed by atoms with Gasteiger partial charge in [0.05, 0.1) is 0 Å². The van der Waals surface area contributed by atoms with Crippen molar-refractivity contribution >= 4 is 16.8 Å². The van der Waals surface area contributed by atoms with Crippen LogP contribution in [0.3, 0.4) is 0 Å². The molecule has 1 amide bonds. The first-order valence-electron chi connectivity index (χ1n) is 6.76. The molecule has 2 rings (SSSR count). The smallest absolute Gasteiger partial charge is 0.267 e. The molecule has 2 aromatic rings. The van der Waals surface area contributed by atoms with Gasteiger partial charge >= 0.3 is 0 Å². The maximum atomic E-state index is 12.1. The van der Waals surface area contributed by atoms with Crippen LogP contribution in [0.15, 0.2) is 30.3 Å². The minimum Gasteiger partial charge on any atom is -0.351 e. The molecule has 3 heteroatoms. The van der Waals surface area contributed by atoms with Crippen LogP contribution < -0.4 is 5.32 Å². The Balaban J connectivity index is 2.08. The average Bonchev–Trinajstić information content (AvgIpc) is 2.79. The second kappa shape index (κ2) is 5.08. The van der Waals surface area contributed by atoms with E-state index in [9.17, 15) is 4.79 Å². The Labute approximate surface area is 114 Å². The first kappa shape index (κ1) is 13.7. The van der Waals surface area contributed by atoms with Crippen molar-refractivity contribution in [1.82, 2.24) is 10.3 Å². The number of carbonyl (C=O) groups is 1. The molecule has 0 fully saturated rings. The molecule has 0 saturated heterocycles. The van der Waals surface area contributed by atoms with Crippen molar-refractivity contribution in [3.8, 4) is 0 Å².